The second-order valence-corrected chi connectivity index (χ2v) is 8.78. The summed E-state index contributed by atoms with van der Waals surface area (Å²) in [5.74, 6) is -0.0750. The fraction of sp³-hybridized carbons (Fsp3) is 0.941. The minimum Gasteiger partial charge on any atom is -0.460 e. The van der Waals surface area contributed by atoms with Crippen molar-refractivity contribution in [3.63, 3.8) is 0 Å². The van der Waals surface area contributed by atoms with Gasteiger partial charge in [0.05, 0.1) is 5.41 Å². The van der Waals surface area contributed by atoms with Crippen LogP contribution in [0, 0.1) is 16.2 Å². The molecule has 0 aliphatic heterocycles. The molecule has 0 aliphatic carbocycles. The Morgan fingerprint density at radius 3 is 1.58 bits per heavy atom. The van der Waals surface area contributed by atoms with E-state index in [0.29, 0.717) is 0 Å². The maximum Gasteiger partial charge on any atom is 0.312 e. The van der Waals surface area contributed by atoms with Crippen molar-refractivity contribution < 1.29 is 9.53 Å². The summed E-state index contributed by atoms with van der Waals surface area (Å²) in [6, 6.07) is 0. The van der Waals surface area contributed by atoms with E-state index >= 15 is 0 Å². The molecule has 0 bridgehead atoms. The third-order valence-electron chi connectivity index (χ3n) is 4.29. The van der Waals surface area contributed by atoms with Gasteiger partial charge in [-0.15, -0.1) is 0 Å². The first-order chi connectivity index (χ1) is 8.15. The average molecular weight is 270 g/mol. The molecule has 0 N–H and O–H groups in total. The van der Waals surface area contributed by atoms with Gasteiger partial charge in [0.25, 0.3) is 0 Å². The summed E-state index contributed by atoms with van der Waals surface area (Å²) in [6.07, 6.45) is 1.90. The van der Waals surface area contributed by atoms with E-state index in [1.807, 2.05) is 20.8 Å². The van der Waals surface area contributed by atoms with Crippen LogP contribution < -0.4 is 0 Å². The Kier molecular flexibility index (Phi) is 5.30. The lowest BCUT2D eigenvalue weighted by Gasteiger charge is -2.45. The van der Waals surface area contributed by atoms with Gasteiger partial charge in [0.2, 0.25) is 0 Å². The second kappa shape index (κ2) is 5.46. The lowest BCUT2D eigenvalue weighted by Crippen LogP contribution is -2.46. The first kappa shape index (κ1) is 18.5. The molecule has 0 aromatic heterocycles. The standard InChI is InChI=1S/C17H34O2/c1-11-16(8,9)12-17(10,14(2,3)4)13(18)19-15(5,6)7/h11-12H2,1-10H3. The van der Waals surface area contributed by atoms with Gasteiger partial charge in [0.1, 0.15) is 5.60 Å². The number of hydrogen-bond donors (Lipinski definition) is 0. The molecule has 1 atom stereocenters. The van der Waals surface area contributed by atoms with E-state index in [2.05, 4.69) is 48.5 Å². The predicted octanol–water partition coefficient (Wildman–Crippen LogP) is 5.21. The zero-order valence-electron chi connectivity index (χ0n) is 14.7. The molecule has 0 saturated carbocycles. The van der Waals surface area contributed by atoms with Crippen LogP contribution in [0.5, 0.6) is 0 Å². The molecule has 0 saturated heterocycles. The molecule has 0 fully saturated rings. The van der Waals surface area contributed by atoms with Crippen LogP contribution in [0.1, 0.15) is 82.1 Å². The van der Waals surface area contributed by atoms with E-state index in [0.717, 1.165) is 12.8 Å². The molecule has 0 amide bonds. The van der Waals surface area contributed by atoms with E-state index in [9.17, 15) is 4.79 Å². The van der Waals surface area contributed by atoms with E-state index in [1.54, 1.807) is 0 Å². The van der Waals surface area contributed by atoms with E-state index in [-0.39, 0.29) is 16.8 Å². The fourth-order valence-corrected chi connectivity index (χ4v) is 2.12. The van der Waals surface area contributed by atoms with Gasteiger partial charge in [0.15, 0.2) is 0 Å². The van der Waals surface area contributed by atoms with Gasteiger partial charge in [-0.3, -0.25) is 4.79 Å². The summed E-state index contributed by atoms with van der Waals surface area (Å²) in [7, 11) is 0. The summed E-state index contributed by atoms with van der Waals surface area (Å²) in [5, 5.41) is 0. The van der Waals surface area contributed by atoms with Crippen molar-refractivity contribution in [1.82, 2.24) is 0 Å². The quantitative estimate of drug-likeness (QED) is 0.656. The SMILES string of the molecule is CCC(C)(C)CC(C)(C(=O)OC(C)(C)C)C(C)(C)C. The molecule has 114 valence electrons. The minimum atomic E-state index is -0.472. The lowest BCUT2D eigenvalue weighted by molar-refractivity contribution is -0.176. The number of ether oxygens (including phenoxy) is 1. The number of carbonyl (C=O) groups excluding carboxylic acids is 1. The molecule has 2 nitrogen and oxygen atoms in total. The molecule has 0 aromatic carbocycles. The highest BCUT2D eigenvalue weighted by Gasteiger charge is 2.49. The van der Waals surface area contributed by atoms with Crippen molar-refractivity contribution in [2.75, 3.05) is 0 Å². The number of esters is 1. The molecular weight excluding hydrogens is 236 g/mol. The van der Waals surface area contributed by atoms with Crippen LogP contribution in [0.4, 0.5) is 0 Å². The van der Waals surface area contributed by atoms with Crippen molar-refractivity contribution in [1.29, 1.82) is 0 Å². The highest BCUT2D eigenvalue weighted by atomic mass is 16.6. The highest BCUT2D eigenvalue weighted by molar-refractivity contribution is 5.77. The Balaban J connectivity index is 5.39. The molecular formula is C17H34O2. The Bertz CT molecular complexity index is 315. The zero-order chi connectivity index (χ0) is 15.7. The Morgan fingerprint density at radius 1 is 0.895 bits per heavy atom. The van der Waals surface area contributed by atoms with Crippen molar-refractivity contribution >= 4 is 5.97 Å². The van der Waals surface area contributed by atoms with Crippen LogP contribution in [-0.4, -0.2) is 11.6 Å². The van der Waals surface area contributed by atoms with Crippen LogP contribution in [-0.2, 0) is 9.53 Å². The van der Waals surface area contributed by atoms with Crippen molar-refractivity contribution in [3.8, 4) is 0 Å². The van der Waals surface area contributed by atoms with Crippen molar-refractivity contribution in [2.45, 2.75) is 87.7 Å². The van der Waals surface area contributed by atoms with Crippen LogP contribution in [0.25, 0.3) is 0 Å². The Labute approximate surface area is 120 Å². The smallest absolute Gasteiger partial charge is 0.312 e. The summed E-state index contributed by atoms with van der Waals surface area (Å²) in [4.78, 5) is 12.7. The summed E-state index contributed by atoms with van der Waals surface area (Å²) in [6.45, 7) is 20.9. The molecule has 0 aromatic rings. The normalized spacial score (nSPS) is 16.9. The summed E-state index contributed by atoms with van der Waals surface area (Å²) >= 11 is 0. The lowest BCUT2D eigenvalue weighted by atomic mass is 9.60. The van der Waals surface area contributed by atoms with Crippen LogP contribution in [0.15, 0.2) is 0 Å². The average Bonchev–Trinajstić information content (AvgIpc) is 2.12. The predicted molar refractivity (Wildman–Crippen MR) is 82.1 cm³/mol. The number of carbonyl (C=O) groups is 1. The molecule has 2 heteroatoms. The summed E-state index contributed by atoms with van der Waals surface area (Å²) in [5.41, 5.74) is -0.888. The van der Waals surface area contributed by atoms with E-state index < -0.39 is 11.0 Å². The molecule has 0 rings (SSSR count). The Hall–Kier alpha value is -0.530. The molecule has 1 unspecified atom stereocenters. The van der Waals surface area contributed by atoms with Gasteiger partial charge in [-0.05, 0) is 44.9 Å². The second-order valence-electron chi connectivity index (χ2n) is 8.78. The molecule has 0 spiro atoms. The van der Waals surface area contributed by atoms with Gasteiger partial charge in [-0.1, -0.05) is 48.0 Å². The third kappa shape index (κ3) is 5.16. The van der Waals surface area contributed by atoms with Gasteiger partial charge < -0.3 is 4.74 Å². The first-order valence-corrected chi connectivity index (χ1v) is 7.38. The highest BCUT2D eigenvalue weighted by Crippen LogP contribution is 2.48. The summed E-state index contributed by atoms with van der Waals surface area (Å²) < 4.78 is 5.68. The van der Waals surface area contributed by atoms with Gasteiger partial charge in [0, 0.05) is 0 Å². The fourth-order valence-electron chi connectivity index (χ4n) is 2.12. The molecule has 19 heavy (non-hydrogen) atoms. The van der Waals surface area contributed by atoms with Crippen LogP contribution in [0.3, 0.4) is 0 Å². The topological polar surface area (TPSA) is 26.3 Å². The van der Waals surface area contributed by atoms with Crippen molar-refractivity contribution in [2.24, 2.45) is 16.2 Å². The van der Waals surface area contributed by atoms with Crippen LogP contribution in [0.2, 0.25) is 0 Å². The minimum absolute atomic E-state index is 0.0750. The van der Waals surface area contributed by atoms with E-state index in [1.165, 1.54) is 0 Å². The molecule has 0 radical (unpaired) electrons. The zero-order valence-corrected chi connectivity index (χ0v) is 14.7. The molecule has 0 aliphatic rings. The maximum absolute atomic E-state index is 12.7. The largest absolute Gasteiger partial charge is 0.460 e. The third-order valence-corrected chi connectivity index (χ3v) is 4.29. The monoisotopic (exact) mass is 270 g/mol. The van der Waals surface area contributed by atoms with E-state index in [4.69, 9.17) is 4.74 Å². The Morgan fingerprint density at radius 2 is 1.32 bits per heavy atom. The van der Waals surface area contributed by atoms with Gasteiger partial charge >= 0.3 is 5.97 Å². The number of hydrogen-bond acceptors (Lipinski definition) is 2. The number of rotatable bonds is 4. The van der Waals surface area contributed by atoms with Crippen molar-refractivity contribution in [3.05, 3.63) is 0 Å². The first-order valence-electron chi connectivity index (χ1n) is 7.38. The van der Waals surface area contributed by atoms with Crippen LogP contribution >= 0.6 is 0 Å². The van der Waals surface area contributed by atoms with Gasteiger partial charge in [-0.25, -0.2) is 0 Å². The van der Waals surface area contributed by atoms with Gasteiger partial charge in [-0.2, -0.15) is 0 Å². The maximum atomic E-state index is 12.7. The molecule has 0 heterocycles.